The summed E-state index contributed by atoms with van der Waals surface area (Å²) < 4.78 is 10.4. The van der Waals surface area contributed by atoms with Gasteiger partial charge in [0.2, 0.25) is 0 Å². The summed E-state index contributed by atoms with van der Waals surface area (Å²) in [5.74, 6) is 1.70. The molecule has 0 amide bonds. The Morgan fingerprint density at radius 3 is 1.94 bits per heavy atom. The summed E-state index contributed by atoms with van der Waals surface area (Å²) in [5.41, 5.74) is 0.734. The van der Waals surface area contributed by atoms with Crippen LogP contribution in [0.5, 0.6) is 11.5 Å². The van der Waals surface area contributed by atoms with Crippen molar-refractivity contribution in [2.45, 2.75) is 25.2 Å². The second-order valence-corrected chi connectivity index (χ2v) is 4.24. The summed E-state index contributed by atoms with van der Waals surface area (Å²) >= 11 is 0. The molecule has 86 valence electrons. The number of carbonyl (C=O) groups excluding carboxylic acids is 1. The molecule has 1 fully saturated rings. The maximum Gasteiger partial charge on any atom is 0.140 e. The van der Waals surface area contributed by atoms with E-state index in [9.17, 15) is 4.79 Å². The fourth-order valence-corrected chi connectivity index (χ4v) is 2.05. The highest BCUT2D eigenvalue weighted by Crippen LogP contribution is 2.50. The normalized spacial score (nSPS) is 16.7. The summed E-state index contributed by atoms with van der Waals surface area (Å²) in [5, 5.41) is 0. The topological polar surface area (TPSA) is 35.5 Å². The molecule has 0 unspecified atom stereocenters. The first-order chi connectivity index (χ1) is 7.62. The number of ether oxygens (including phenoxy) is 2. The van der Waals surface area contributed by atoms with Gasteiger partial charge in [0.1, 0.15) is 17.3 Å². The molecule has 1 aliphatic carbocycles. The maximum absolute atomic E-state index is 11.6. The predicted octanol–water partition coefficient (Wildman–Crippen LogP) is 2.32. The van der Waals surface area contributed by atoms with E-state index in [1.807, 2.05) is 18.2 Å². The van der Waals surface area contributed by atoms with Gasteiger partial charge in [0.15, 0.2) is 0 Å². The fourth-order valence-electron chi connectivity index (χ4n) is 2.05. The van der Waals surface area contributed by atoms with Crippen molar-refractivity contribution in [2.75, 3.05) is 14.2 Å². The molecule has 0 aromatic heterocycles. The van der Waals surface area contributed by atoms with Crippen molar-refractivity contribution in [1.82, 2.24) is 0 Å². The highest BCUT2D eigenvalue weighted by Gasteiger charge is 2.49. The van der Waals surface area contributed by atoms with E-state index in [1.54, 1.807) is 21.1 Å². The molecule has 1 aromatic carbocycles. The Morgan fingerprint density at radius 2 is 1.62 bits per heavy atom. The van der Waals surface area contributed by atoms with Crippen LogP contribution in [0.2, 0.25) is 0 Å². The maximum atomic E-state index is 11.6. The van der Waals surface area contributed by atoms with Gasteiger partial charge in [-0.05, 0) is 37.5 Å². The van der Waals surface area contributed by atoms with Gasteiger partial charge in [-0.2, -0.15) is 0 Å². The summed E-state index contributed by atoms with van der Waals surface area (Å²) in [4.78, 5) is 11.6. The van der Waals surface area contributed by atoms with Crippen molar-refractivity contribution < 1.29 is 14.3 Å². The van der Waals surface area contributed by atoms with Gasteiger partial charge in [-0.1, -0.05) is 0 Å². The average molecular weight is 220 g/mol. The molecule has 0 spiro atoms. The van der Waals surface area contributed by atoms with Gasteiger partial charge in [-0.15, -0.1) is 0 Å². The van der Waals surface area contributed by atoms with Crippen LogP contribution in [0.1, 0.15) is 25.3 Å². The van der Waals surface area contributed by atoms with E-state index >= 15 is 0 Å². The fraction of sp³-hybridized carbons (Fsp3) is 0.462. The lowest BCUT2D eigenvalue weighted by atomic mass is 9.92. The smallest absolute Gasteiger partial charge is 0.140 e. The Balaban J connectivity index is 2.44. The third kappa shape index (κ3) is 1.66. The van der Waals surface area contributed by atoms with E-state index in [0.717, 1.165) is 29.9 Å². The number of carbonyl (C=O) groups is 1. The van der Waals surface area contributed by atoms with Crippen molar-refractivity contribution in [1.29, 1.82) is 0 Å². The van der Waals surface area contributed by atoms with Crippen LogP contribution in [-0.2, 0) is 10.2 Å². The van der Waals surface area contributed by atoms with Crippen molar-refractivity contribution in [2.24, 2.45) is 0 Å². The predicted molar refractivity (Wildman–Crippen MR) is 61.1 cm³/mol. The quantitative estimate of drug-likeness (QED) is 0.781. The van der Waals surface area contributed by atoms with E-state index in [4.69, 9.17) is 9.47 Å². The number of rotatable bonds is 4. The van der Waals surface area contributed by atoms with Crippen LogP contribution in [0.15, 0.2) is 18.2 Å². The van der Waals surface area contributed by atoms with Gasteiger partial charge in [0.05, 0.1) is 19.6 Å². The Bertz CT molecular complexity index is 397. The highest BCUT2D eigenvalue weighted by molar-refractivity contribution is 5.91. The highest BCUT2D eigenvalue weighted by atomic mass is 16.5. The Kier molecular flexibility index (Phi) is 2.62. The van der Waals surface area contributed by atoms with Crippen LogP contribution in [0.25, 0.3) is 0 Å². The molecular weight excluding hydrogens is 204 g/mol. The zero-order chi connectivity index (χ0) is 11.8. The number of Topliss-reactive ketones (excluding diaryl/α,β-unsaturated/α-hetero) is 1. The number of methoxy groups -OCH3 is 2. The molecule has 0 heterocycles. The molecule has 3 heteroatoms. The van der Waals surface area contributed by atoms with E-state index in [0.29, 0.717) is 0 Å². The van der Waals surface area contributed by atoms with E-state index in [-0.39, 0.29) is 11.2 Å². The minimum atomic E-state index is -0.276. The van der Waals surface area contributed by atoms with Gasteiger partial charge in [0, 0.05) is 6.07 Å². The van der Waals surface area contributed by atoms with Crippen molar-refractivity contribution in [3.63, 3.8) is 0 Å². The third-order valence-corrected chi connectivity index (χ3v) is 3.33. The minimum absolute atomic E-state index is 0.225. The lowest BCUT2D eigenvalue weighted by molar-refractivity contribution is -0.119. The molecule has 0 N–H and O–H groups in total. The second kappa shape index (κ2) is 3.81. The number of hydrogen-bond donors (Lipinski definition) is 0. The Hall–Kier alpha value is -1.51. The largest absolute Gasteiger partial charge is 0.497 e. The molecular formula is C13H16O3. The monoisotopic (exact) mass is 220 g/mol. The molecule has 3 nitrogen and oxygen atoms in total. The Labute approximate surface area is 95.4 Å². The summed E-state index contributed by atoms with van der Waals surface area (Å²) in [7, 11) is 3.23. The zero-order valence-electron chi connectivity index (χ0n) is 9.87. The van der Waals surface area contributed by atoms with Crippen molar-refractivity contribution in [3.05, 3.63) is 23.8 Å². The molecule has 1 saturated carbocycles. The lowest BCUT2D eigenvalue weighted by Crippen LogP contribution is -2.17. The molecule has 0 saturated heterocycles. The van der Waals surface area contributed by atoms with Crippen molar-refractivity contribution >= 4 is 5.78 Å². The van der Waals surface area contributed by atoms with E-state index in [2.05, 4.69) is 0 Å². The molecule has 0 radical (unpaired) electrons. The van der Waals surface area contributed by atoms with E-state index < -0.39 is 0 Å². The first-order valence-corrected chi connectivity index (χ1v) is 5.37. The molecule has 0 atom stereocenters. The van der Waals surface area contributed by atoms with Gasteiger partial charge < -0.3 is 9.47 Å². The van der Waals surface area contributed by atoms with Crippen LogP contribution in [0.4, 0.5) is 0 Å². The number of ketones is 1. The van der Waals surface area contributed by atoms with Gasteiger partial charge in [-0.3, -0.25) is 4.79 Å². The van der Waals surface area contributed by atoms with E-state index in [1.165, 1.54) is 0 Å². The molecule has 1 aliphatic rings. The molecule has 2 rings (SSSR count). The van der Waals surface area contributed by atoms with Gasteiger partial charge in [0.25, 0.3) is 0 Å². The van der Waals surface area contributed by atoms with Gasteiger partial charge >= 0.3 is 0 Å². The summed E-state index contributed by atoms with van der Waals surface area (Å²) in [6.07, 6.45) is 1.86. The number of hydrogen-bond acceptors (Lipinski definition) is 3. The minimum Gasteiger partial charge on any atom is -0.497 e. The molecule has 1 aromatic rings. The summed E-state index contributed by atoms with van der Waals surface area (Å²) in [6.45, 7) is 1.65. The Morgan fingerprint density at radius 1 is 1.12 bits per heavy atom. The summed E-state index contributed by atoms with van der Waals surface area (Å²) in [6, 6.07) is 5.67. The van der Waals surface area contributed by atoms with Gasteiger partial charge in [-0.25, -0.2) is 0 Å². The second-order valence-electron chi connectivity index (χ2n) is 4.24. The molecule has 0 aliphatic heterocycles. The first-order valence-electron chi connectivity index (χ1n) is 5.37. The van der Waals surface area contributed by atoms with Crippen LogP contribution >= 0.6 is 0 Å². The third-order valence-electron chi connectivity index (χ3n) is 3.33. The standard InChI is InChI=1S/C13H16O3/c1-9(14)13(4-5-13)10-6-11(15-2)8-12(7-10)16-3/h6-8H,4-5H2,1-3H3. The van der Waals surface area contributed by atoms with Crippen LogP contribution in [-0.4, -0.2) is 20.0 Å². The number of benzene rings is 1. The first kappa shape index (κ1) is 11.0. The molecule has 0 bridgehead atoms. The SMILES string of the molecule is COc1cc(OC)cc(C2(C(C)=O)CC2)c1. The van der Waals surface area contributed by atoms with Crippen LogP contribution < -0.4 is 9.47 Å². The average Bonchev–Trinajstić information content (AvgIpc) is 3.09. The van der Waals surface area contributed by atoms with Crippen molar-refractivity contribution in [3.8, 4) is 11.5 Å². The lowest BCUT2D eigenvalue weighted by Gasteiger charge is -2.14. The zero-order valence-corrected chi connectivity index (χ0v) is 9.87. The molecule has 16 heavy (non-hydrogen) atoms. The van der Waals surface area contributed by atoms with Crippen LogP contribution in [0.3, 0.4) is 0 Å². The van der Waals surface area contributed by atoms with Crippen LogP contribution in [0, 0.1) is 0 Å².